The minimum absolute atomic E-state index is 0.769. The van der Waals surface area contributed by atoms with Crippen LogP contribution < -0.4 is 5.73 Å². The van der Waals surface area contributed by atoms with Gasteiger partial charge in [-0.15, -0.1) is 22.7 Å². The van der Waals surface area contributed by atoms with E-state index in [1.54, 1.807) is 22.7 Å². The van der Waals surface area contributed by atoms with E-state index in [1.165, 1.54) is 0 Å². The van der Waals surface area contributed by atoms with Gasteiger partial charge in [0.15, 0.2) is 0 Å². The highest BCUT2D eigenvalue weighted by atomic mass is 32.1. The molecule has 0 saturated heterocycles. The van der Waals surface area contributed by atoms with Crippen molar-refractivity contribution in [1.82, 2.24) is 9.97 Å². The molecule has 3 nitrogen and oxygen atoms in total. The first-order valence-electron chi connectivity index (χ1n) is 5.46. The number of hydrogen-bond donors (Lipinski definition) is 1. The molecule has 0 aliphatic heterocycles. The van der Waals surface area contributed by atoms with Crippen LogP contribution in [0.4, 0.5) is 5.69 Å². The Labute approximate surface area is 113 Å². The number of anilines is 1. The average molecular weight is 273 g/mol. The van der Waals surface area contributed by atoms with Crippen molar-refractivity contribution in [1.29, 1.82) is 0 Å². The molecule has 0 spiro atoms. The van der Waals surface area contributed by atoms with Gasteiger partial charge >= 0.3 is 0 Å². The molecule has 2 aromatic heterocycles. The zero-order chi connectivity index (χ0) is 12.5. The molecule has 0 atom stereocenters. The molecule has 2 heterocycles. The van der Waals surface area contributed by atoms with Crippen molar-refractivity contribution in [3.05, 3.63) is 40.0 Å². The minimum Gasteiger partial charge on any atom is -0.399 e. The van der Waals surface area contributed by atoms with Gasteiger partial charge in [-0.3, -0.25) is 0 Å². The number of thiazole rings is 2. The predicted molar refractivity (Wildman–Crippen MR) is 77.8 cm³/mol. The van der Waals surface area contributed by atoms with E-state index in [-0.39, 0.29) is 0 Å². The van der Waals surface area contributed by atoms with Gasteiger partial charge in [0, 0.05) is 22.0 Å². The van der Waals surface area contributed by atoms with E-state index in [0.717, 1.165) is 32.7 Å². The molecule has 0 saturated carbocycles. The third-order valence-corrected chi connectivity index (χ3v) is 4.21. The van der Waals surface area contributed by atoms with Gasteiger partial charge < -0.3 is 5.73 Å². The summed E-state index contributed by atoms with van der Waals surface area (Å²) in [5.74, 6) is 0. The maximum Gasteiger partial charge on any atom is 0.124 e. The maximum atomic E-state index is 5.68. The Kier molecular flexibility index (Phi) is 2.85. The lowest BCUT2D eigenvalue weighted by Crippen LogP contribution is -1.84. The van der Waals surface area contributed by atoms with Gasteiger partial charge in [0.05, 0.1) is 5.01 Å². The Bertz CT molecular complexity index is 668. The minimum atomic E-state index is 0.769. The lowest BCUT2D eigenvalue weighted by Gasteiger charge is -1.96. The molecular formula is C13H11N3S2. The number of nitrogens with zero attached hydrogens (tertiary/aromatic N) is 2. The third kappa shape index (κ3) is 2.14. The molecule has 3 aromatic rings. The van der Waals surface area contributed by atoms with Crippen molar-refractivity contribution in [2.75, 3.05) is 5.73 Å². The summed E-state index contributed by atoms with van der Waals surface area (Å²) in [5.41, 5.74) is 9.43. The van der Waals surface area contributed by atoms with Crippen LogP contribution in [0.3, 0.4) is 0 Å². The van der Waals surface area contributed by atoms with Crippen molar-refractivity contribution in [2.45, 2.75) is 6.92 Å². The van der Waals surface area contributed by atoms with Crippen LogP contribution in [0, 0.1) is 6.92 Å². The summed E-state index contributed by atoms with van der Waals surface area (Å²) in [6, 6.07) is 7.77. The van der Waals surface area contributed by atoms with Gasteiger partial charge in [-0.2, -0.15) is 0 Å². The van der Waals surface area contributed by atoms with Gasteiger partial charge in [-0.05, 0) is 31.2 Å². The first-order valence-corrected chi connectivity index (χ1v) is 7.22. The SMILES string of the molecule is Cc1nc(-c2csc(-c3ccc(N)cc3)n2)cs1. The number of nitrogens with two attached hydrogens (primary N) is 1. The smallest absolute Gasteiger partial charge is 0.124 e. The van der Waals surface area contributed by atoms with Crippen molar-refractivity contribution in [3.8, 4) is 22.0 Å². The van der Waals surface area contributed by atoms with Crippen LogP contribution in [0.2, 0.25) is 0 Å². The fourth-order valence-corrected chi connectivity index (χ4v) is 3.06. The largest absolute Gasteiger partial charge is 0.399 e. The molecule has 90 valence electrons. The monoisotopic (exact) mass is 273 g/mol. The summed E-state index contributed by atoms with van der Waals surface area (Å²) in [6.07, 6.45) is 0. The van der Waals surface area contributed by atoms with Crippen LogP contribution in [0.1, 0.15) is 5.01 Å². The van der Waals surface area contributed by atoms with E-state index in [9.17, 15) is 0 Å². The van der Waals surface area contributed by atoms with Crippen LogP contribution in [-0.4, -0.2) is 9.97 Å². The highest BCUT2D eigenvalue weighted by Gasteiger charge is 2.08. The summed E-state index contributed by atoms with van der Waals surface area (Å²) in [5, 5.41) is 6.14. The Morgan fingerprint density at radius 1 is 0.944 bits per heavy atom. The van der Waals surface area contributed by atoms with Crippen molar-refractivity contribution >= 4 is 28.4 Å². The van der Waals surface area contributed by atoms with E-state index in [4.69, 9.17) is 5.73 Å². The van der Waals surface area contributed by atoms with Crippen LogP contribution in [0.25, 0.3) is 22.0 Å². The third-order valence-electron chi connectivity index (χ3n) is 2.54. The second-order valence-corrected chi connectivity index (χ2v) is 5.83. The van der Waals surface area contributed by atoms with Crippen LogP contribution >= 0.6 is 22.7 Å². The van der Waals surface area contributed by atoms with Gasteiger partial charge in [0.2, 0.25) is 0 Å². The number of aromatic nitrogens is 2. The maximum absolute atomic E-state index is 5.68. The molecule has 2 N–H and O–H groups in total. The predicted octanol–water partition coefficient (Wildman–Crippen LogP) is 3.82. The Hall–Kier alpha value is -1.72. The van der Waals surface area contributed by atoms with Gasteiger partial charge in [0.25, 0.3) is 0 Å². The molecule has 0 bridgehead atoms. The Morgan fingerprint density at radius 3 is 2.28 bits per heavy atom. The van der Waals surface area contributed by atoms with E-state index in [0.29, 0.717) is 0 Å². The highest BCUT2D eigenvalue weighted by molar-refractivity contribution is 7.13. The quantitative estimate of drug-likeness (QED) is 0.722. The summed E-state index contributed by atoms with van der Waals surface area (Å²) in [4.78, 5) is 9.06. The molecule has 0 unspecified atom stereocenters. The van der Waals surface area contributed by atoms with Crippen molar-refractivity contribution in [3.63, 3.8) is 0 Å². The number of hydrogen-bond acceptors (Lipinski definition) is 5. The van der Waals surface area contributed by atoms with E-state index in [2.05, 4.69) is 9.97 Å². The lowest BCUT2D eigenvalue weighted by atomic mass is 10.2. The summed E-state index contributed by atoms with van der Waals surface area (Å²) < 4.78 is 0. The Balaban J connectivity index is 1.96. The van der Waals surface area contributed by atoms with Gasteiger partial charge in [0.1, 0.15) is 16.4 Å². The zero-order valence-electron chi connectivity index (χ0n) is 9.75. The number of aryl methyl sites for hydroxylation is 1. The second-order valence-electron chi connectivity index (χ2n) is 3.91. The molecule has 0 amide bonds. The van der Waals surface area contributed by atoms with Crippen molar-refractivity contribution < 1.29 is 0 Å². The topological polar surface area (TPSA) is 51.8 Å². The number of benzene rings is 1. The standard InChI is InChI=1S/C13H11N3S2/c1-8-15-11(6-17-8)12-7-18-13(16-12)9-2-4-10(14)5-3-9/h2-7H,14H2,1H3. The highest BCUT2D eigenvalue weighted by Crippen LogP contribution is 2.29. The molecule has 0 aliphatic rings. The molecule has 3 rings (SSSR count). The molecule has 0 fully saturated rings. The van der Waals surface area contributed by atoms with E-state index in [1.807, 2.05) is 41.9 Å². The molecule has 0 radical (unpaired) electrons. The first kappa shape index (κ1) is 11.4. The van der Waals surface area contributed by atoms with Gasteiger partial charge in [-0.25, -0.2) is 9.97 Å². The fraction of sp³-hybridized carbons (Fsp3) is 0.0769. The van der Waals surface area contributed by atoms with E-state index < -0.39 is 0 Å². The number of rotatable bonds is 2. The average Bonchev–Trinajstić information content (AvgIpc) is 2.98. The van der Waals surface area contributed by atoms with E-state index >= 15 is 0 Å². The normalized spacial score (nSPS) is 10.7. The van der Waals surface area contributed by atoms with Gasteiger partial charge in [-0.1, -0.05) is 0 Å². The number of nitrogen functional groups attached to an aromatic ring is 1. The van der Waals surface area contributed by atoms with Crippen LogP contribution in [0.5, 0.6) is 0 Å². The first-order chi connectivity index (χ1) is 8.72. The van der Waals surface area contributed by atoms with Crippen LogP contribution in [-0.2, 0) is 0 Å². The molecule has 0 aliphatic carbocycles. The summed E-state index contributed by atoms with van der Waals surface area (Å²) in [6.45, 7) is 2.00. The fourth-order valence-electron chi connectivity index (χ4n) is 1.63. The summed E-state index contributed by atoms with van der Waals surface area (Å²) >= 11 is 3.27. The Morgan fingerprint density at radius 2 is 1.61 bits per heavy atom. The van der Waals surface area contributed by atoms with Crippen LogP contribution in [0.15, 0.2) is 35.0 Å². The molecule has 1 aromatic carbocycles. The summed E-state index contributed by atoms with van der Waals surface area (Å²) in [7, 11) is 0. The molecule has 18 heavy (non-hydrogen) atoms. The second kappa shape index (κ2) is 4.51. The lowest BCUT2D eigenvalue weighted by molar-refractivity contribution is 1.27. The van der Waals surface area contributed by atoms with Crippen molar-refractivity contribution in [2.24, 2.45) is 0 Å². The molecular weight excluding hydrogens is 262 g/mol. The zero-order valence-corrected chi connectivity index (χ0v) is 11.4. The molecule has 5 heteroatoms.